The van der Waals surface area contributed by atoms with Gasteiger partial charge in [0.25, 0.3) is 0 Å². The number of para-hydroxylation sites is 1. The lowest BCUT2D eigenvalue weighted by molar-refractivity contribution is 0.306. The highest BCUT2D eigenvalue weighted by Gasteiger charge is 2.13. The van der Waals surface area contributed by atoms with E-state index >= 15 is 0 Å². The number of rotatable bonds is 4. The first kappa shape index (κ1) is 14.5. The van der Waals surface area contributed by atoms with Crippen LogP contribution in [0.15, 0.2) is 71.3 Å². The van der Waals surface area contributed by atoms with Crippen LogP contribution in [0.5, 0.6) is 5.75 Å². The van der Waals surface area contributed by atoms with E-state index in [1.54, 1.807) is 6.20 Å². The van der Waals surface area contributed by atoms with E-state index in [9.17, 15) is 0 Å². The van der Waals surface area contributed by atoms with Crippen molar-refractivity contribution in [3.8, 4) is 17.2 Å². The SMILES string of the molecule is Cc1ccc(COc2ccccc2-c2nc3cccnc3o2)cc1. The van der Waals surface area contributed by atoms with E-state index in [1.807, 2.05) is 36.4 Å². The summed E-state index contributed by atoms with van der Waals surface area (Å²) in [6.45, 7) is 2.57. The zero-order chi connectivity index (χ0) is 16.4. The molecular formula is C20H16N2O2. The standard InChI is InChI=1S/C20H16N2O2/c1-14-8-10-15(11-9-14)13-23-18-7-3-2-5-16(18)19-22-17-6-4-12-21-20(17)24-19/h2-12H,13H2,1H3. The number of oxazole rings is 1. The van der Waals surface area contributed by atoms with E-state index in [0.717, 1.165) is 22.4 Å². The summed E-state index contributed by atoms with van der Waals surface area (Å²) in [6, 6.07) is 19.8. The Kier molecular flexibility index (Phi) is 3.71. The van der Waals surface area contributed by atoms with Crippen molar-refractivity contribution >= 4 is 11.2 Å². The maximum atomic E-state index is 5.99. The van der Waals surface area contributed by atoms with Crippen molar-refractivity contribution in [1.29, 1.82) is 0 Å². The largest absolute Gasteiger partial charge is 0.488 e. The van der Waals surface area contributed by atoms with Gasteiger partial charge in [0.05, 0.1) is 5.56 Å². The van der Waals surface area contributed by atoms with Gasteiger partial charge in [0.2, 0.25) is 11.6 Å². The Hall–Kier alpha value is -3.14. The Bertz CT molecular complexity index is 941. The second-order valence-electron chi connectivity index (χ2n) is 5.62. The molecule has 0 aliphatic rings. The molecule has 0 amide bonds. The van der Waals surface area contributed by atoms with Crippen molar-refractivity contribution in [2.75, 3.05) is 0 Å². The highest BCUT2D eigenvalue weighted by Crippen LogP contribution is 2.31. The third kappa shape index (κ3) is 2.86. The van der Waals surface area contributed by atoms with Crippen molar-refractivity contribution in [2.45, 2.75) is 13.5 Å². The molecule has 0 fully saturated rings. The number of nitrogens with zero attached hydrogens (tertiary/aromatic N) is 2. The molecule has 2 aromatic carbocycles. The molecule has 118 valence electrons. The zero-order valence-electron chi connectivity index (χ0n) is 13.3. The number of pyridine rings is 1. The molecule has 0 aliphatic carbocycles. The predicted molar refractivity (Wildman–Crippen MR) is 92.8 cm³/mol. The van der Waals surface area contributed by atoms with Crippen LogP contribution in [0.1, 0.15) is 11.1 Å². The molecule has 4 rings (SSSR count). The molecule has 0 spiro atoms. The summed E-state index contributed by atoms with van der Waals surface area (Å²) in [5.41, 5.74) is 4.44. The topological polar surface area (TPSA) is 48.2 Å². The van der Waals surface area contributed by atoms with Crippen LogP contribution in [0.25, 0.3) is 22.7 Å². The Balaban J connectivity index is 1.63. The van der Waals surface area contributed by atoms with Gasteiger partial charge in [0.1, 0.15) is 17.9 Å². The fourth-order valence-electron chi connectivity index (χ4n) is 2.50. The summed E-state index contributed by atoms with van der Waals surface area (Å²) in [4.78, 5) is 8.69. The molecule has 2 heterocycles. The average molecular weight is 316 g/mol. The summed E-state index contributed by atoms with van der Waals surface area (Å²) >= 11 is 0. The van der Waals surface area contributed by atoms with Crippen LogP contribution in [0.3, 0.4) is 0 Å². The number of hydrogen-bond acceptors (Lipinski definition) is 4. The lowest BCUT2D eigenvalue weighted by Gasteiger charge is -2.09. The molecule has 4 aromatic rings. The molecule has 0 aliphatic heterocycles. The molecular weight excluding hydrogens is 300 g/mol. The van der Waals surface area contributed by atoms with E-state index in [1.165, 1.54) is 5.56 Å². The van der Waals surface area contributed by atoms with Crippen LogP contribution in [0, 0.1) is 6.92 Å². The van der Waals surface area contributed by atoms with Crippen molar-refractivity contribution < 1.29 is 9.15 Å². The highest BCUT2D eigenvalue weighted by atomic mass is 16.5. The second-order valence-corrected chi connectivity index (χ2v) is 5.62. The molecule has 0 saturated heterocycles. The van der Waals surface area contributed by atoms with Crippen LogP contribution in [0.4, 0.5) is 0 Å². The molecule has 0 N–H and O–H groups in total. The Morgan fingerprint density at radius 1 is 0.958 bits per heavy atom. The van der Waals surface area contributed by atoms with Crippen molar-refractivity contribution in [3.05, 3.63) is 78.0 Å². The minimum absolute atomic E-state index is 0.496. The predicted octanol–water partition coefficient (Wildman–Crippen LogP) is 4.78. The quantitative estimate of drug-likeness (QED) is 0.544. The van der Waals surface area contributed by atoms with Crippen LogP contribution in [-0.4, -0.2) is 9.97 Å². The fourth-order valence-corrected chi connectivity index (χ4v) is 2.50. The van der Waals surface area contributed by atoms with Crippen LogP contribution in [0.2, 0.25) is 0 Å². The first-order valence-electron chi connectivity index (χ1n) is 7.79. The van der Waals surface area contributed by atoms with Crippen molar-refractivity contribution in [3.63, 3.8) is 0 Å². The summed E-state index contributed by atoms with van der Waals surface area (Å²) in [5, 5.41) is 0. The Morgan fingerprint density at radius 3 is 2.62 bits per heavy atom. The van der Waals surface area contributed by atoms with Gasteiger partial charge in [0.15, 0.2) is 0 Å². The van der Waals surface area contributed by atoms with Crippen molar-refractivity contribution in [2.24, 2.45) is 0 Å². The van der Waals surface area contributed by atoms with Crippen LogP contribution < -0.4 is 4.74 Å². The third-order valence-corrected chi connectivity index (χ3v) is 3.80. The minimum Gasteiger partial charge on any atom is -0.488 e. The van der Waals surface area contributed by atoms with Gasteiger partial charge in [-0.3, -0.25) is 0 Å². The molecule has 24 heavy (non-hydrogen) atoms. The molecule has 0 atom stereocenters. The smallest absolute Gasteiger partial charge is 0.247 e. The van der Waals surface area contributed by atoms with Crippen LogP contribution >= 0.6 is 0 Å². The normalized spacial score (nSPS) is 10.9. The van der Waals surface area contributed by atoms with E-state index in [4.69, 9.17) is 9.15 Å². The molecule has 0 saturated carbocycles. The van der Waals surface area contributed by atoms with Gasteiger partial charge >= 0.3 is 0 Å². The van der Waals surface area contributed by atoms with Gasteiger partial charge in [0, 0.05) is 6.20 Å². The number of aryl methyl sites for hydroxylation is 1. The molecule has 0 bridgehead atoms. The monoisotopic (exact) mass is 316 g/mol. The summed E-state index contributed by atoms with van der Waals surface area (Å²) in [6.07, 6.45) is 1.69. The van der Waals surface area contributed by atoms with E-state index in [2.05, 4.69) is 41.2 Å². The summed E-state index contributed by atoms with van der Waals surface area (Å²) in [5.74, 6) is 1.26. The molecule has 0 radical (unpaired) electrons. The van der Waals surface area contributed by atoms with E-state index in [0.29, 0.717) is 18.2 Å². The average Bonchev–Trinajstić information content (AvgIpc) is 3.05. The zero-order valence-corrected chi connectivity index (χ0v) is 13.3. The molecule has 4 nitrogen and oxygen atoms in total. The van der Waals surface area contributed by atoms with Crippen molar-refractivity contribution in [1.82, 2.24) is 9.97 Å². The number of hydrogen-bond donors (Lipinski definition) is 0. The molecule has 0 unspecified atom stereocenters. The first-order chi connectivity index (χ1) is 11.8. The highest BCUT2D eigenvalue weighted by molar-refractivity contribution is 5.74. The summed E-state index contributed by atoms with van der Waals surface area (Å²) in [7, 11) is 0. The van der Waals surface area contributed by atoms with Gasteiger partial charge in [-0.1, -0.05) is 42.0 Å². The maximum Gasteiger partial charge on any atom is 0.247 e. The lowest BCUT2D eigenvalue weighted by atomic mass is 10.1. The number of aromatic nitrogens is 2. The number of ether oxygens (including phenoxy) is 1. The van der Waals surface area contributed by atoms with E-state index in [-0.39, 0.29) is 0 Å². The number of fused-ring (bicyclic) bond motifs is 1. The third-order valence-electron chi connectivity index (χ3n) is 3.80. The van der Waals surface area contributed by atoms with Gasteiger partial charge in [-0.25, -0.2) is 9.97 Å². The molecule has 2 aromatic heterocycles. The maximum absolute atomic E-state index is 5.99. The van der Waals surface area contributed by atoms with Gasteiger partial charge in [-0.15, -0.1) is 0 Å². The van der Waals surface area contributed by atoms with E-state index < -0.39 is 0 Å². The lowest BCUT2D eigenvalue weighted by Crippen LogP contribution is -1.97. The minimum atomic E-state index is 0.496. The van der Waals surface area contributed by atoms with Crippen LogP contribution in [-0.2, 0) is 6.61 Å². The van der Waals surface area contributed by atoms with Gasteiger partial charge < -0.3 is 9.15 Å². The fraction of sp³-hybridized carbons (Fsp3) is 0.100. The Morgan fingerprint density at radius 2 is 1.79 bits per heavy atom. The summed E-state index contributed by atoms with van der Waals surface area (Å²) < 4.78 is 11.8. The Labute approximate surface area is 139 Å². The number of benzene rings is 2. The van der Waals surface area contributed by atoms with Gasteiger partial charge in [-0.2, -0.15) is 0 Å². The first-order valence-corrected chi connectivity index (χ1v) is 7.79. The molecule has 4 heteroatoms. The second kappa shape index (κ2) is 6.16. The van der Waals surface area contributed by atoms with Gasteiger partial charge in [-0.05, 0) is 36.8 Å².